The van der Waals surface area contributed by atoms with Gasteiger partial charge in [0, 0.05) is 39.0 Å². The van der Waals surface area contributed by atoms with Crippen molar-refractivity contribution in [3.05, 3.63) is 51.2 Å². The van der Waals surface area contributed by atoms with Gasteiger partial charge in [0.25, 0.3) is 5.69 Å². The second-order valence-corrected chi connectivity index (χ2v) is 5.83. The van der Waals surface area contributed by atoms with Crippen molar-refractivity contribution in [2.24, 2.45) is 0 Å². The highest BCUT2D eigenvalue weighted by atomic mass is 16.6. The number of amides is 2. The number of nitro groups is 1. The highest BCUT2D eigenvalue weighted by Crippen LogP contribution is 2.37. The van der Waals surface area contributed by atoms with E-state index in [9.17, 15) is 19.7 Å². The Hall–Kier alpha value is -2.94. The zero-order chi connectivity index (χ0) is 19.4. The Balaban J connectivity index is 2.51. The molecule has 0 radical (unpaired) electrons. The first kappa shape index (κ1) is 19.4. The summed E-state index contributed by atoms with van der Waals surface area (Å²) in [4.78, 5) is 38.4. The van der Waals surface area contributed by atoms with Gasteiger partial charge in [-0.1, -0.05) is 12.1 Å². The summed E-state index contributed by atoms with van der Waals surface area (Å²) in [5.74, 6) is -0.595. The Morgan fingerprint density at radius 2 is 2.00 bits per heavy atom. The van der Waals surface area contributed by atoms with Crippen molar-refractivity contribution in [2.75, 3.05) is 34.4 Å². The van der Waals surface area contributed by atoms with E-state index < -0.39 is 16.9 Å². The smallest absolute Gasteiger partial charge is 0.338 e. The van der Waals surface area contributed by atoms with Crippen LogP contribution in [0.4, 0.5) is 10.5 Å². The number of esters is 1. The van der Waals surface area contributed by atoms with Gasteiger partial charge in [-0.3, -0.25) is 10.1 Å². The first-order chi connectivity index (χ1) is 12.3. The van der Waals surface area contributed by atoms with Crippen LogP contribution in [0.1, 0.15) is 18.5 Å². The summed E-state index contributed by atoms with van der Waals surface area (Å²) in [6, 6.07) is 4.76. The third kappa shape index (κ3) is 3.67. The number of likely N-dealkylation sites (N-methyl/N-ethyl adjacent to an activating group) is 1. The van der Waals surface area contributed by atoms with Crippen LogP contribution in [0.5, 0.6) is 0 Å². The number of ether oxygens (including phenoxy) is 2. The fourth-order valence-corrected chi connectivity index (χ4v) is 2.82. The normalized spacial score (nSPS) is 17.5. The Bertz CT molecular complexity index is 761. The lowest BCUT2D eigenvalue weighted by Crippen LogP contribution is -2.47. The van der Waals surface area contributed by atoms with Crippen molar-refractivity contribution >= 4 is 17.7 Å². The van der Waals surface area contributed by atoms with E-state index >= 15 is 0 Å². The summed E-state index contributed by atoms with van der Waals surface area (Å²) in [5, 5.41) is 11.1. The van der Waals surface area contributed by atoms with Crippen LogP contribution in [0.15, 0.2) is 35.5 Å². The van der Waals surface area contributed by atoms with E-state index in [1.165, 1.54) is 42.2 Å². The molecule has 1 unspecified atom stereocenters. The van der Waals surface area contributed by atoms with Gasteiger partial charge in [0.15, 0.2) is 0 Å². The number of hydrogen-bond donors (Lipinski definition) is 0. The van der Waals surface area contributed by atoms with Crippen LogP contribution in [-0.2, 0) is 14.3 Å². The molecule has 2 rings (SSSR count). The monoisotopic (exact) mass is 363 g/mol. The van der Waals surface area contributed by atoms with Crippen LogP contribution < -0.4 is 0 Å². The number of rotatable bonds is 6. The molecule has 0 spiro atoms. The maximum atomic E-state index is 12.6. The van der Waals surface area contributed by atoms with Gasteiger partial charge >= 0.3 is 12.0 Å². The maximum absolute atomic E-state index is 12.6. The van der Waals surface area contributed by atoms with Crippen LogP contribution in [0.25, 0.3) is 0 Å². The van der Waals surface area contributed by atoms with E-state index in [4.69, 9.17) is 9.47 Å². The van der Waals surface area contributed by atoms with Crippen LogP contribution in [-0.4, -0.2) is 61.1 Å². The highest BCUT2D eigenvalue weighted by molar-refractivity contribution is 5.95. The van der Waals surface area contributed by atoms with Crippen LogP contribution >= 0.6 is 0 Å². The van der Waals surface area contributed by atoms with Crippen LogP contribution in [0.3, 0.4) is 0 Å². The second-order valence-electron chi connectivity index (χ2n) is 5.83. The van der Waals surface area contributed by atoms with Crippen LogP contribution in [0, 0.1) is 10.1 Å². The molecule has 1 aliphatic heterocycles. The molecule has 0 aromatic heterocycles. The maximum Gasteiger partial charge on any atom is 0.338 e. The number of carbonyl (C=O) groups excluding carboxylic acids is 2. The molecule has 0 aliphatic carbocycles. The van der Waals surface area contributed by atoms with Crippen molar-refractivity contribution in [3.8, 4) is 0 Å². The van der Waals surface area contributed by atoms with Gasteiger partial charge in [0.2, 0.25) is 0 Å². The summed E-state index contributed by atoms with van der Waals surface area (Å²) >= 11 is 0. The van der Waals surface area contributed by atoms with Crippen molar-refractivity contribution in [2.45, 2.75) is 13.0 Å². The quantitative estimate of drug-likeness (QED) is 0.332. The third-order valence-corrected chi connectivity index (χ3v) is 4.28. The average Bonchev–Trinajstić information content (AvgIpc) is 2.62. The molecular weight excluding hydrogens is 342 g/mol. The molecule has 9 nitrogen and oxygen atoms in total. The van der Waals surface area contributed by atoms with E-state index in [-0.39, 0.29) is 30.5 Å². The molecule has 9 heteroatoms. The minimum absolute atomic E-state index is 0.0646. The zero-order valence-corrected chi connectivity index (χ0v) is 15.1. The predicted molar refractivity (Wildman–Crippen MR) is 92.3 cm³/mol. The topological polar surface area (TPSA) is 102 Å². The highest BCUT2D eigenvalue weighted by Gasteiger charge is 2.39. The molecule has 26 heavy (non-hydrogen) atoms. The lowest BCUT2D eigenvalue weighted by atomic mass is 9.93. The van der Waals surface area contributed by atoms with Crippen molar-refractivity contribution in [1.29, 1.82) is 0 Å². The Kier molecular flexibility index (Phi) is 5.93. The van der Waals surface area contributed by atoms with Gasteiger partial charge < -0.3 is 19.3 Å². The largest absolute Gasteiger partial charge is 0.460 e. The first-order valence-electron chi connectivity index (χ1n) is 7.91. The molecular formula is C17H21N3O6. The zero-order valence-electron chi connectivity index (χ0n) is 15.1. The number of hydrogen-bond acceptors (Lipinski definition) is 6. The van der Waals surface area contributed by atoms with Gasteiger partial charge in [-0.15, -0.1) is 0 Å². The molecule has 1 atom stereocenters. The molecule has 1 aliphatic rings. The average molecular weight is 363 g/mol. The van der Waals surface area contributed by atoms with Gasteiger partial charge in [0.1, 0.15) is 6.61 Å². The fraction of sp³-hybridized carbons (Fsp3) is 0.412. The standard InChI is InChI=1S/C17H21N3O6/c1-11-14(16(21)26-9-8-25-4)15(19(3)17(22)18(11)2)12-6-5-7-13(10-12)20(23)24/h5-7,10,15H,8-9H2,1-4H3. The molecule has 1 aromatic carbocycles. The molecule has 0 saturated carbocycles. The first-order valence-corrected chi connectivity index (χ1v) is 7.91. The molecule has 2 amide bonds. The number of methoxy groups -OCH3 is 1. The number of nitrogens with zero attached hydrogens (tertiary/aromatic N) is 3. The van der Waals surface area contributed by atoms with Crippen molar-refractivity contribution in [3.63, 3.8) is 0 Å². The van der Waals surface area contributed by atoms with Crippen molar-refractivity contribution < 1.29 is 24.0 Å². The molecule has 0 saturated heterocycles. The second kappa shape index (κ2) is 7.96. The number of non-ortho nitro benzene ring substituents is 1. The van der Waals surface area contributed by atoms with E-state index in [2.05, 4.69) is 0 Å². The number of carbonyl (C=O) groups is 2. The van der Waals surface area contributed by atoms with E-state index in [0.29, 0.717) is 11.3 Å². The third-order valence-electron chi connectivity index (χ3n) is 4.28. The molecule has 1 heterocycles. The summed E-state index contributed by atoms with van der Waals surface area (Å²) < 4.78 is 10.1. The molecule has 0 fully saturated rings. The Morgan fingerprint density at radius 3 is 2.62 bits per heavy atom. The Morgan fingerprint density at radius 1 is 1.31 bits per heavy atom. The fourth-order valence-electron chi connectivity index (χ4n) is 2.82. The lowest BCUT2D eigenvalue weighted by molar-refractivity contribution is -0.384. The minimum atomic E-state index is -0.784. The molecule has 0 bridgehead atoms. The molecule has 1 aromatic rings. The van der Waals surface area contributed by atoms with E-state index in [0.717, 1.165) is 0 Å². The minimum Gasteiger partial charge on any atom is -0.460 e. The SMILES string of the molecule is COCCOC(=O)C1=C(C)N(C)C(=O)N(C)C1c1cccc([N+](=O)[O-])c1. The molecule has 0 N–H and O–H groups in total. The number of benzene rings is 1. The molecule has 140 valence electrons. The van der Waals surface area contributed by atoms with Gasteiger partial charge in [-0.2, -0.15) is 0 Å². The van der Waals surface area contributed by atoms with E-state index in [1.54, 1.807) is 20.0 Å². The lowest BCUT2D eigenvalue weighted by Gasteiger charge is -2.39. The summed E-state index contributed by atoms with van der Waals surface area (Å²) in [6.07, 6.45) is 0. The predicted octanol–water partition coefficient (Wildman–Crippen LogP) is 2.10. The van der Waals surface area contributed by atoms with Gasteiger partial charge in [0.05, 0.1) is 23.1 Å². The summed E-state index contributed by atoms with van der Waals surface area (Å²) in [7, 11) is 4.59. The van der Waals surface area contributed by atoms with Gasteiger partial charge in [-0.05, 0) is 12.5 Å². The van der Waals surface area contributed by atoms with E-state index in [1.807, 2.05) is 0 Å². The summed E-state index contributed by atoms with van der Waals surface area (Å²) in [6.45, 7) is 1.95. The number of allylic oxidation sites excluding steroid dienone is 1. The Labute approximate surface area is 150 Å². The van der Waals surface area contributed by atoms with Gasteiger partial charge in [-0.25, -0.2) is 9.59 Å². The van der Waals surface area contributed by atoms with Crippen LogP contribution in [0.2, 0.25) is 0 Å². The van der Waals surface area contributed by atoms with Crippen molar-refractivity contribution in [1.82, 2.24) is 9.80 Å². The number of nitro benzene ring substituents is 1. The summed E-state index contributed by atoms with van der Waals surface area (Å²) in [5.41, 5.74) is 1.03. The number of urea groups is 1.